The summed E-state index contributed by atoms with van der Waals surface area (Å²) >= 11 is 0. The van der Waals surface area contributed by atoms with Crippen LogP contribution < -0.4 is 0 Å². The lowest BCUT2D eigenvalue weighted by Gasteiger charge is -2.51. The molecular formula is C13H27NO4. The number of hydrogen-bond acceptors (Lipinski definition) is 5. The first kappa shape index (κ1) is 15.9. The second-order valence-corrected chi connectivity index (χ2v) is 6.22. The number of rotatable bonds is 5. The predicted molar refractivity (Wildman–Crippen MR) is 68.4 cm³/mol. The number of aliphatic hydroxyl groups excluding tert-OH is 1. The van der Waals surface area contributed by atoms with Gasteiger partial charge in [0.1, 0.15) is 0 Å². The van der Waals surface area contributed by atoms with Gasteiger partial charge in [-0.2, -0.15) is 5.06 Å². The summed E-state index contributed by atoms with van der Waals surface area (Å²) in [6.45, 7) is 10.5. The largest absolute Gasteiger partial charge is 0.376 e. The van der Waals surface area contributed by atoms with E-state index in [0.717, 1.165) is 0 Å². The molecule has 1 aliphatic heterocycles. The maximum Gasteiger partial charge on any atom is 0.178 e. The molecule has 1 unspecified atom stereocenters. The van der Waals surface area contributed by atoms with Crippen LogP contribution in [-0.2, 0) is 9.47 Å². The molecule has 18 heavy (non-hydrogen) atoms. The third-order valence-corrected chi connectivity index (χ3v) is 3.42. The van der Waals surface area contributed by atoms with Crippen LogP contribution in [0.25, 0.3) is 0 Å². The summed E-state index contributed by atoms with van der Waals surface area (Å²) in [6.07, 6.45) is 0.382. The monoisotopic (exact) mass is 261 g/mol. The molecule has 1 rings (SSSR count). The van der Waals surface area contributed by atoms with Gasteiger partial charge in [0.25, 0.3) is 0 Å². The zero-order valence-corrected chi connectivity index (χ0v) is 12.1. The molecule has 1 fully saturated rings. The third kappa shape index (κ3) is 3.90. The van der Waals surface area contributed by atoms with E-state index in [1.165, 1.54) is 5.06 Å². The van der Waals surface area contributed by atoms with Crippen LogP contribution in [0.1, 0.15) is 47.5 Å². The van der Waals surface area contributed by atoms with Gasteiger partial charge in [-0.25, -0.2) is 0 Å². The standard InChI is InChI=1S/C13H27NO4/c1-6-17-9-11(15)18-10-7-12(2,3)14(16)13(4,5)8-10/h10-11,15-16H,6-9H2,1-5H3. The van der Waals surface area contributed by atoms with Crippen molar-refractivity contribution < 1.29 is 19.8 Å². The number of hydrogen-bond donors (Lipinski definition) is 2. The predicted octanol–water partition coefficient (Wildman–Crippen LogP) is 1.77. The summed E-state index contributed by atoms with van der Waals surface area (Å²) in [5.41, 5.74) is -0.727. The Morgan fingerprint density at radius 1 is 1.22 bits per heavy atom. The van der Waals surface area contributed by atoms with Crippen molar-refractivity contribution in [2.45, 2.75) is 70.9 Å². The maximum absolute atomic E-state index is 10.1. The first-order chi connectivity index (χ1) is 8.19. The molecule has 0 aromatic carbocycles. The fourth-order valence-corrected chi connectivity index (χ4v) is 2.76. The van der Waals surface area contributed by atoms with Gasteiger partial charge < -0.3 is 19.8 Å². The highest BCUT2D eigenvalue weighted by atomic mass is 16.6. The summed E-state index contributed by atoms with van der Waals surface area (Å²) in [7, 11) is 0. The van der Waals surface area contributed by atoms with Crippen molar-refractivity contribution in [1.82, 2.24) is 5.06 Å². The maximum atomic E-state index is 10.1. The molecule has 0 spiro atoms. The topological polar surface area (TPSA) is 62.2 Å². The highest BCUT2D eigenvalue weighted by Gasteiger charge is 2.45. The van der Waals surface area contributed by atoms with Crippen LogP contribution in [0, 0.1) is 0 Å². The second-order valence-electron chi connectivity index (χ2n) is 6.22. The first-order valence-corrected chi connectivity index (χ1v) is 6.59. The van der Waals surface area contributed by atoms with Gasteiger partial charge in [-0.05, 0) is 47.5 Å². The van der Waals surface area contributed by atoms with Gasteiger partial charge in [0, 0.05) is 17.7 Å². The smallest absolute Gasteiger partial charge is 0.178 e. The van der Waals surface area contributed by atoms with Crippen molar-refractivity contribution in [3.63, 3.8) is 0 Å². The molecule has 0 radical (unpaired) electrons. The average molecular weight is 261 g/mol. The van der Waals surface area contributed by atoms with E-state index in [0.29, 0.717) is 19.4 Å². The lowest BCUT2D eigenvalue weighted by Crippen LogP contribution is -2.60. The minimum atomic E-state index is -0.896. The lowest BCUT2D eigenvalue weighted by molar-refractivity contribution is -0.277. The van der Waals surface area contributed by atoms with E-state index < -0.39 is 6.29 Å². The molecule has 1 atom stereocenters. The Morgan fingerprint density at radius 2 is 1.72 bits per heavy atom. The van der Waals surface area contributed by atoms with Crippen molar-refractivity contribution >= 4 is 0 Å². The van der Waals surface area contributed by atoms with Crippen LogP contribution in [0.5, 0.6) is 0 Å². The highest BCUT2D eigenvalue weighted by Crippen LogP contribution is 2.38. The molecule has 1 heterocycles. The van der Waals surface area contributed by atoms with E-state index in [4.69, 9.17) is 9.47 Å². The average Bonchev–Trinajstić information content (AvgIpc) is 2.22. The molecule has 0 saturated carbocycles. The number of ether oxygens (including phenoxy) is 2. The molecular weight excluding hydrogens is 234 g/mol. The van der Waals surface area contributed by atoms with E-state index in [-0.39, 0.29) is 23.8 Å². The fraction of sp³-hybridized carbons (Fsp3) is 1.00. The summed E-state index contributed by atoms with van der Waals surface area (Å²) in [5, 5.41) is 21.3. The Bertz CT molecular complexity index is 250. The van der Waals surface area contributed by atoms with Crippen molar-refractivity contribution in [2.75, 3.05) is 13.2 Å². The number of aliphatic hydroxyl groups is 1. The van der Waals surface area contributed by atoms with Crippen LogP contribution in [0.2, 0.25) is 0 Å². The van der Waals surface area contributed by atoms with Crippen LogP contribution in [0.15, 0.2) is 0 Å². The Hall–Kier alpha value is -0.200. The summed E-state index contributed by atoms with van der Waals surface area (Å²) < 4.78 is 10.7. The van der Waals surface area contributed by atoms with Crippen molar-refractivity contribution in [3.8, 4) is 0 Å². The molecule has 108 valence electrons. The van der Waals surface area contributed by atoms with E-state index in [2.05, 4.69) is 0 Å². The summed E-state index contributed by atoms with van der Waals surface area (Å²) in [4.78, 5) is 0. The molecule has 0 amide bonds. The van der Waals surface area contributed by atoms with Gasteiger partial charge >= 0.3 is 0 Å². The molecule has 5 heteroatoms. The number of nitrogens with zero attached hydrogens (tertiary/aromatic N) is 1. The quantitative estimate of drug-likeness (QED) is 0.739. The van der Waals surface area contributed by atoms with Gasteiger partial charge in [0.05, 0.1) is 12.7 Å². The van der Waals surface area contributed by atoms with E-state index >= 15 is 0 Å². The van der Waals surface area contributed by atoms with E-state index in [9.17, 15) is 10.3 Å². The van der Waals surface area contributed by atoms with Crippen LogP contribution in [-0.4, -0.2) is 52.1 Å². The van der Waals surface area contributed by atoms with Gasteiger partial charge in [-0.1, -0.05) is 0 Å². The van der Waals surface area contributed by atoms with Crippen molar-refractivity contribution in [2.24, 2.45) is 0 Å². The van der Waals surface area contributed by atoms with Crippen LogP contribution in [0.3, 0.4) is 0 Å². The van der Waals surface area contributed by atoms with Gasteiger partial charge in [0.15, 0.2) is 6.29 Å². The van der Waals surface area contributed by atoms with Crippen molar-refractivity contribution in [3.05, 3.63) is 0 Å². The SMILES string of the molecule is CCOCC(O)OC1CC(C)(C)N(O)C(C)(C)C1. The third-order valence-electron chi connectivity index (χ3n) is 3.42. The highest BCUT2D eigenvalue weighted by molar-refractivity contribution is 4.96. The van der Waals surface area contributed by atoms with E-state index in [1.807, 2.05) is 34.6 Å². The Morgan fingerprint density at radius 3 is 2.17 bits per heavy atom. The minimum Gasteiger partial charge on any atom is -0.376 e. The van der Waals surface area contributed by atoms with Gasteiger partial charge in [0.2, 0.25) is 0 Å². The van der Waals surface area contributed by atoms with Crippen LogP contribution in [0.4, 0.5) is 0 Å². The Balaban J connectivity index is 2.58. The summed E-state index contributed by atoms with van der Waals surface area (Å²) in [6, 6.07) is 0. The molecule has 2 N–H and O–H groups in total. The Labute approximate surface area is 110 Å². The minimum absolute atomic E-state index is 0.0751. The van der Waals surface area contributed by atoms with Crippen molar-refractivity contribution in [1.29, 1.82) is 0 Å². The zero-order chi connectivity index (χ0) is 14.0. The molecule has 0 aliphatic carbocycles. The lowest BCUT2D eigenvalue weighted by atomic mass is 9.80. The molecule has 0 aromatic rings. The normalized spacial score (nSPS) is 26.2. The number of hydroxylamine groups is 2. The molecule has 0 bridgehead atoms. The van der Waals surface area contributed by atoms with Gasteiger partial charge in [-0.3, -0.25) is 0 Å². The van der Waals surface area contributed by atoms with Gasteiger partial charge in [-0.15, -0.1) is 0 Å². The number of piperidine rings is 1. The Kier molecular flexibility index (Phi) is 5.14. The molecule has 1 aliphatic rings. The van der Waals surface area contributed by atoms with Crippen LogP contribution >= 0.6 is 0 Å². The molecule has 5 nitrogen and oxygen atoms in total. The fourth-order valence-electron chi connectivity index (χ4n) is 2.76. The molecule has 1 saturated heterocycles. The zero-order valence-electron chi connectivity index (χ0n) is 12.1. The first-order valence-electron chi connectivity index (χ1n) is 6.59. The second kappa shape index (κ2) is 5.84. The van der Waals surface area contributed by atoms with E-state index in [1.54, 1.807) is 0 Å². The summed E-state index contributed by atoms with van der Waals surface area (Å²) in [5.74, 6) is 0. The molecule has 0 aromatic heterocycles.